The van der Waals surface area contributed by atoms with Gasteiger partial charge in [0.05, 0.1) is 21.3 Å². The van der Waals surface area contributed by atoms with Gasteiger partial charge in [-0.05, 0) is 61.5 Å². The summed E-state index contributed by atoms with van der Waals surface area (Å²) >= 11 is 13.6. The number of benzene rings is 3. The van der Waals surface area contributed by atoms with Gasteiger partial charge in [0.15, 0.2) is 0 Å². The third-order valence-corrected chi connectivity index (χ3v) is 8.04. The largest absolute Gasteiger partial charge is 0.325 e. The number of amides is 1. The van der Waals surface area contributed by atoms with Crippen molar-refractivity contribution in [1.29, 1.82) is 0 Å². The topological polar surface area (TPSA) is 66.5 Å². The second kappa shape index (κ2) is 11.1. The van der Waals surface area contributed by atoms with Crippen LogP contribution in [0.4, 0.5) is 11.4 Å². The Bertz CT molecular complexity index is 1170. The molecule has 32 heavy (non-hydrogen) atoms. The van der Waals surface area contributed by atoms with Crippen LogP contribution in [0.5, 0.6) is 0 Å². The number of thioether (sulfide) groups is 1. The fraction of sp³-hybridized carbons (Fsp3) is 0.174. The van der Waals surface area contributed by atoms with Crippen LogP contribution < -0.4 is 9.62 Å². The molecule has 3 aromatic carbocycles. The van der Waals surface area contributed by atoms with Gasteiger partial charge < -0.3 is 5.32 Å². The molecule has 0 unspecified atom stereocenters. The molecule has 1 amide bonds. The summed E-state index contributed by atoms with van der Waals surface area (Å²) in [5.41, 5.74) is 0.827. The fourth-order valence-electron chi connectivity index (χ4n) is 2.98. The summed E-state index contributed by atoms with van der Waals surface area (Å²) < 4.78 is 27.8. The number of hydrogen-bond acceptors (Lipinski definition) is 4. The van der Waals surface area contributed by atoms with Crippen molar-refractivity contribution < 1.29 is 13.2 Å². The number of rotatable bonds is 9. The lowest BCUT2D eigenvalue weighted by molar-refractivity contribution is -0.115. The van der Waals surface area contributed by atoms with Gasteiger partial charge in [0.2, 0.25) is 5.91 Å². The average molecular weight is 509 g/mol. The van der Waals surface area contributed by atoms with E-state index >= 15 is 0 Å². The minimum absolute atomic E-state index is 0.0541. The van der Waals surface area contributed by atoms with E-state index in [1.165, 1.54) is 34.3 Å². The van der Waals surface area contributed by atoms with E-state index in [1.54, 1.807) is 43.3 Å². The molecule has 0 saturated heterocycles. The normalized spacial score (nSPS) is 11.2. The number of hydrogen-bond donors (Lipinski definition) is 1. The first-order valence-corrected chi connectivity index (χ1v) is 13.0. The highest BCUT2D eigenvalue weighted by molar-refractivity contribution is 7.99. The van der Waals surface area contributed by atoms with Crippen LogP contribution in [0.25, 0.3) is 0 Å². The van der Waals surface area contributed by atoms with Gasteiger partial charge in [-0.15, -0.1) is 11.8 Å². The Labute approximate surface area is 202 Å². The highest BCUT2D eigenvalue weighted by Crippen LogP contribution is 2.29. The summed E-state index contributed by atoms with van der Waals surface area (Å²) in [4.78, 5) is 13.5. The molecule has 0 radical (unpaired) electrons. The van der Waals surface area contributed by atoms with E-state index in [9.17, 15) is 13.2 Å². The van der Waals surface area contributed by atoms with Gasteiger partial charge in [-0.2, -0.15) is 0 Å². The first kappa shape index (κ1) is 24.5. The maximum absolute atomic E-state index is 13.2. The highest BCUT2D eigenvalue weighted by Gasteiger charge is 2.24. The summed E-state index contributed by atoms with van der Waals surface area (Å²) in [5.74, 6) is 0.305. The zero-order chi connectivity index (χ0) is 23.1. The average Bonchev–Trinajstić information content (AvgIpc) is 2.77. The molecule has 0 saturated carbocycles. The molecule has 0 atom stereocenters. The monoisotopic (exact) mass is 508 g/mol. The second-order valence-corrected chi connectivity index (χ2v) is 10.6. The zero-order valence-corrected chi connectivity index (χ0v) is 20.4. The van der Waals surface area contributed by atoms with Gasteiger partial charge in [0.1, 0.15) is 0 Å². The molecule has 5 nitrogen and oxygen atoms in total. The number of halogens is 2. The van der Waals surface area contributed by atoms with E-state index in [4.69, 9.17) is 23.2 Å². The Kier molecular flexibility index (Phi) is 8.48. The molecule has 0 bridgehead atoms. The smallest absolute Gasteiger partial charge is 0.264 e. The van der Waals surface area contributed by atoms with Crippen LogP contribution in [0.2, 0.25) is 10.0 Å². The van der Waals surface area contributed by atoms with E-state index < -0.39 is 10.0 Å². The van der Waals surface area contributed by atoms with Crippen molar-refractivity contribution in [2.45, 2.75) is 23.1 Å². The molecular weight excluding hydrogens is 487 g/mol. The van der Waals surface area contributed by atoms with Gasteiger partial charge in [-0.1, -0.05) is 41.4 Å². The van der Waals surface area contributed by atoms with Crippen molar-refractivity contribution >= 4 is 62.3 Å². The molecule has 3 rings (SSSR count). The maximum Gasteiger partial charge on any atom is 0.264 e. The number of nitrogens with zero attached hydrogens (tertiary/aromatic N) is 1. The van der Waals surface area contributed by atoms with Gasteiger partial charge in [-0.25, -0.2) is 8.42 Å². The second-order valence-electron chi connectivity index (χ2n) is 6.75. The van der Waals surface area contributed by atoms with Crippen LogP contribution in [0, 0.1) is 0 Å². The van der Waals surface area contributed by atoms with E-state index in [2.05, 4.69) is 5.32 Å². The molecule has 0 spiro atoms. The number of nitrogens with one attached hydrogen (secondary N) is 1. The quantitative estimate of drug-likeness (QED) is 0.343. The summed E-state index contributed by atoms with van der Waals surface area (Å²) in [6.45, 7) is 2.03. The van der Waals surface area contributed by atoms with Gasteiger partial charge >= 0.3 is 0 Å². The number of para-hydroxylation sites is 1. The van der Waals surface area contributed by atoms with Crippen molar-refractivity contribution in [3.8, 4) is 0 Å². The van der Waals surface area contributed by atoms with Gasteiger partial charge in [0.25, 0.3) is 10.0 Å². The molecule has 3 aromatic rings. The third-order valence-electron chi connectivity index (χ3n) is 4.54. The van der Waals surface area contributed by atoms with E-state index in [0.29, 0.717) is 16.5 Å². The maximum atomic E-state index is 13.2. The van der Waals surface area contributed by atoms with E-state index in [0.717, 1.165) is 4.90 Å². The van der Waals surface area contributed by atoms with Crippen molar-refractivity contribution in [1.82, 2.24) is 0 Å². The molecule has 0 aliphatic heterocycles. The Morgan fingerprint density at radius 3 is 2.34 bits per heavy atom. The molecule has 0 aliphatic carbocycles. The van der Waals surface area contributed by atoms with Crippen LogP contribution in [0.15, 0.2) is 82.6 Å². The summed E-state index contributed by atoms with van der Waals surface area (Å²) in [5, 5.41) is 3.65. The van der Waals surface area contributed by atoms with Crippen LogP contribution in [-0.2, 0) is 14.8 Å². The minimum atomic E-state index is -3.83. The number of carbonyl (C=O) groups excluding carboxylic acids is 1. The molecule has 1 N–H and O–H groups in total. The SMILES string of the molecule is CCN(c1ccccc1)S(=O)(=O)c1ccc(Cl)c(NC(=O)CCSc2ccc(Cl)cc2)c1. The van der Waals surface area contributed by atoms with Crippen LogP contribution in [0.1, 0.15) is 13.3 Å². The lowest BCUT2D eigenvalue weighted by Crippen LogP contribution is -2.30. The molecule has 0 aromatic heterocycles. The molecule has 168 valence electrons. The van der Waals surface area contributed by atoms with Crippen LogP contribution in [-0.4, -0.2) is 26.6 Å². The van der Waals surface area contributed by atoms with Crippen LogP contribution >= 0.6 is 35.0 Å². The molecule has 0 heterocycles. The number of carbonyl (C=O) groups is 1. The zero-order valence-electron chi connectivity index (χ0n) is 17.3. The molecule has 9 heteroatoms. The van der Waals surface area contributed by atoms with E-state index in [-0.39, 0.29) is 34.5 Å². The summed E-state index contributed by atoms with van der Waals surface area (Å²) in [6.07, 6.45) is 0.242. The first-order valence-electron chi connectivity index (χ1n) is 9.87. The Morgan fingerprint density at radius 2 is 1.69 bits per heavy atom. The van der Waals surface area contributed by atoms with E-state index in [1.807, 2.05) is 18.2 Å². The van der Waals surface area contributed by atoms with Crippen molar-refractivity contribution in [3.05, 3.63) is 82.8 Å². The summed E-state index contributed by atoms with van der Waals surface area (Å²) in [7, 11) is -3.83. The van der Waals surface area contributed by atoms with Crippen molar-refractivity contribution in [2.24, 2.45) is 0 Å². The van der Waals surface area contributed by atoms with Crippen molar-refractivity contribution in [3.63, 3.8) is 0 Å². The predicted octanol–water partition coefficient (Wildman–Crippen LogP) is 6.33. The molecule has 0 fully saturated rings. The number of anilines is 2. The molecular formula is C23H22Cl2N2O3S2. The lowest BCUT2D eigenvalue weighted by Gasteiger charge is -2.23. The first-order chi connectivity index (χ1) is 15.3. The molecule has 0 aliphatic rings. The van der Waals surface area contributed by atoms with Gasteiger partial charge in [0, 0.05) is 28.6 Å². The van der Waals surface area contributed by atoms with Crippen LogP contribution in [0.3, 0.4) is 0 Å². The summed E-state index contributed by atoms with van der Waals surface area (Å²) in [6, 6.07) is 20.5. The number of sulfonamides is 1. The van der Waals surface area contributed by atoms with Crippen molar-refractivity contribution in [2.75, 3.05) is 21.9 Å². The Morgan fingerprint density at radius 1 is 1.00 bits per heavy atom. The van der Waals surface area contributed by atoms with Gasteiger partial charge in [-0.3, -0.25) is 9.10 Å². The Hall–Kier alpha value is -2.19. The minimum Gasteiger partial charge on any atom is -0.325 e. The Balaban J connectivity index is 1.70. The predicted molar refractivity (Wildman–Crippen MR) is 134 cm³/mol. The fourth-order valence-corrected chi connectivity index (χ4v) is 5.62. The highest BCUT2D eigenvalue weighted by atomic mass is 35.5. The third kappa shape index (κ3) is 6.19. The standard InChI is InChI=1S/C23H22Cl2N2O3S2/c1-2-27(18-6-4-3-5-7-18)32(29,30)20-12-13-21(25)22(16-20)26-23(28)14-15-31-19-10-8-17(24)9-11-19/h3-13,16H,2,14-15H2,1H3,(H,26,28). The lowest BCUT2D eigenvalue weighted by atomic mass is 10.3.